The van der Waals surface area contributed by atoms with Crippen molar-refractivity contribution in [3.8, 4) is 33.4 Å². The maximum Gasteiger partial charge on any atom is 0.0474 e. The minimum absolute atomic E-state index is 0.00156. The second kappa shape index (κ2) is 11.7. The molecule has 0 spiro atoms. The molecule has 0 N–H and O–H groups in total. The zero-order valence-electron chi connectivity index (χ0n) is 30.3. The molecule has 1 aliphatic carbocycles. The van der Waals surface area contributed by atoms with Crippen molar-refractivity contribution in [2.75, 3.05) is 4.90 Å². The van der Waals surface area contributed by atoms with E-state index in [1.807, 2.05) is 0 Å². The van der Waals surface area contributed by atoms with Gasteiger partial charge in [0.2, 0.25) is 0 Å². The van der Waals surface area contributed by atoms with Gasteiger partial charge in [0.25, 0.3) is 0 Å². The van der Waals surface area contributed by atoms with E-state index in [1.165, 1.54) is 87.6 Å². The second-order valence-electron chi connectivity index (χ2n) is 15.3. The van der Waals surface area contributed by atoms with E-state index in [2.05, 4.69) is 207 Å². The van der Waals surface area contributed by atoms with Crippen molar-refractivity contribution in [1.29, 1.82) is 0 Å². The van der Waals surface area contributed by atoms with Crippen molar-refractivity contribution in [2.45, 2.75) is 19.3 Å². The third-order valence-electron chi connectivity index (χ3n) is 12.0. The van der Waals surface area contributed by atoms with Crippen molar-refractivity contribution in [3.05, 3.63) is 199 Å². The van der Waals surface area contributed by atoms with E-state index < -0.39 is 0 Å². The predicted molar refractivity (Wildman–Crippen MR) is 231 cm³/mol. The third-order valence-corrected chi connectivity index (χ3v) is 12.0. The van der Waals surface area contributed by atoms with Gasteiger partial charge in [-0.25, -0.2) is 0 Å². The van der Waals surface area contributed by atoms with E-state index in [1.54, 1.807) is 0 Å². The van der Waals surface area contributed by atoms with Crippen molar-refractivity contribution in [3.63, 3.8) is 0 Å². The first-order chi connectivity index (χ1) is 26.5. The van der Waals surface area contributed by atoms with Crippen molar-refractivity contribution >= 4 is 60.2 Å². The number of benzene rings is 10. The van der Waals surface area contributed by atoms with Crippen LogP contribution in [-0.4, -0.2) is 0 Å². The quantitative estimate of drug-likeness (QED) is 0.129. The molecule has 1 nitrogen and oxygen atoms in total. The number of nitrogens with zero attached hydrogens (tertiary/aromatic N) is 1. The van der Waals surface area contributed by atoms with Crippen LogP contribution < -0.4 is 4.90 Å². The molecular weight excluding hydrogens is 651 g/mol. The Labute approximate surface area is 315 Å². The molecule has 0 atom stereocenters. The first-order valence-corrected chi connectivity index (χ1v) is 18.9. The molecule has 1 aliphatic rings. The van der Waals surface area contributed by atoms with Gasteiger partial charge in [0.1, 0.15) is 0 Å². The van der Waals surface area contributed by atoms with Crippen LogP contribution in [0, 0.1) is 0 Å². The van der Waals surface area contributed by atoms with E-state index in [0.717, 1.165) is 17.1 Å². The second-order valence-corrected chi connectivity index (χ2v) is 15.3. The fourth-order valence-corrected chi connectivity index (χ4v) is 9.35. The Kier molecular flexibility index (Phi) is 6.66. The molecule has 11 rings (SSSR count). The summed E-state index contributed by atoms with van der Waals surface area (Å²) in [4.78, 5) is 2.42. The monoisotopic (exact) mass is 687 g/mol. The summed E-state index contributed by atoms with van der Waals surface area (Å²) in [5.74, 6) is 0. The molecule has 0 heterocycles. The predicted octanol–water partition coefficient (Wildman–Crippen LogP) is 14.8. The molecule has 10 aromatic carbocycles. The molecule has 0 saturated carbocycles. The first kappa shape index (κ1) is 30.9. The van der Waals surface area contributed by atoms with Gasteiger partial charge in [-0.15, -0.1) is 0 Å². The lowest BCUT2D eigenvalue weighted by Gasteiger charge is -2.27. The molecule has 0 aliphatic heterocycles. The third kappa shape index (κ3) is 4.58. The summed E-state index contributed by atoms with van der Waals surface area (Å²) in [5.41, 5.74) is 13.8. The first-order valence-electron chi connectivity index (χ1n) is 18.9. The smallest absolute Gasteiger partial charge is 0.0474 e. The summed E-state index contributed by atoms with van der Waals surface area (Å²) < 4.78 is 0. The highest BCUT2D eigenvalue weighted by Crippen LogP contribution is 2.50. The molecule has 0 bridgehead atoms. The molecular formula is C53H37N. The molecule has 0 fully saturated rings. The van der Waals surface area contributed by atoms with Crippen LogP contribution in [0.1, 0.15) is 25.0 Å². The highest BCUT2D eigenvalue weighted by atomic mass is 15.1. The largest absolute Gasteiger partial charge is 0.310 e. The van der Waals surface area contributed by atoms with Gasteiger partial charge in [0.15, 0.2) is 0 Å². The average molecular weight is 688 g/mol. The zero-order chi connectivity index (χ0) is 36.0. The maximum atomic E-state index is 2.42. The SMILES string of the molecule is CC1(C)c2ccccc2-c2cc(-c3ccc(N(c4ccc(-c5ccccc5)cc4)c4cc5cccc6c7cccc8cccc(c(c4)c56)c87)cc3)ccc21. The fraction of sp³-hybridized carbons (Fsp3) is 0.0566. The summed E-state index contributed by atoms with van der Waals surface area (Å²) in [6.07, 6.45) is 0. The molecule has 10 aromatic rings. The number of hydrogen-bond donors (Lipinski definition) is 0. The van der Waals surface area contributed by atoms with Crippen LogP contribution >= 0.6 is 0 Å². The van der Waals surface area contributed by atoms with Gasteiger partial charge in [-0.1, -0.05) is 159 Å². The van der Waals surface area contributed by atoms with Crippen LogP contribution in [0.2, 0.25) is 0 Å². The van der Waals surface area contributed by atoms with Crippen LogP contribution in [0.5, 0.6) is 0 Å². The number of rotatable bonds is 5. The lowest BCUT2D eigenvalue weighted by molar-refractivity contribution is 0.660. The Hall–Kier alpha value is -6.70. The summed E-state index contributed by atoms with van der Waals surface area (Å²) >= 11 is 0. The Balaban J connectivity index is 1.08. The molecule has 0 saturated heterocycles. The van der Waals surface area contributed by atoms with E-state index in [9.17, 15) is 0 Å². The highest BCUT2D eigenvalue weighted by molar-refractivity contribution is 6.33. The van der Waals surface area contributed by atoms with Crippen LogP contribution in [0.25, 0.3) is 76.5 Å². The Morgan fingerprint density at radius 3 is 1.54 bits per heavy atom. The summed E-state index contributed by atoms with van der Waals surface area (Å²) in [6.45, 7) is 4.68. The average Bonchev–Trinajstić information content (AvgIpc) is 3.46. The van der Waals surface area contributed by atoms with Crippen LogP contribution in [-0.2, 0) is 5.41 Å². The molecule has 254 valence electrons. The fourth-order valence-electron chi connectivity index (χ4n) is 9.35. The number of fused-ring (bicyclic) bond motifs is 5. The van der Waals surface area contributed by atoms with Gasteiger partial charge in [-0.3, -0.25) is 0 Å². The summed E-state index contributed by atoms with van der Waals surface area (Å²) in [6, 6.07) is 69.7. The van der Waals surface area contributed by atoms with E-state index in [-0.39, 0.29) is 5.41 Å². The number of anilines is 3. The van der Waals surface area contributed by atoms with Gasteiger partial charge >= 0.3 is 0 Å². The highest BCUT2D eigenvalue weighted by Gasteiger charge is 2.35. The van der Waals surface area contributed by atoms with Crippen molar-refractivity contribution in [1.82, 2.24) is 0 Å². The molecule has 0 amide bonds. The Morgan fingerprint density at radius 1 is 0.333 bits per heavy atom. The Bertz CT molecular complexity index is 3040. The normalized spacial score (nSPS) is 13.1. The van der Waals surface area contributed by atoms with E-state index in [0.29, 0.717) is 0 Å². The van der Waals surface area contributed by atoms with Crippen LogP contribution in [0.3, 0.4) is 0 Å². The minimum atomic E-state index is -0.00156. The molecule has 54 heavy (non-hydrogen) atoms. The van der Waals surface area contributed by atoms with Gasteiger partial charge in [0.05, 0.1) is 0 Å². The van der Waals surface area contributed by atoms with E-state index in [4.69, 9.17) is 0 Å². The lowest BCUT2D eigenvalue weighted by Crippen LogP contribution is -2.14. The topological polar surface area (TPSA) is 3.24 Å². The van der Waals surface area contributed by atoms with Gasteiger partial charge < -0.3 is 4.90 Å². The Morgan fingerprint density at radius 2 is 0.852 bits per heavy atom. The van der Waals surface area contributed by atoms with Gasteiger partial charge in [-0.2, -0.15) is 0 Å². The zero-order valence-corrected chi connectivity index (χ0v) is 30.3. The molecule has 1 heteroatoms. The van der Waals surface area contributed by atoms with E-state index >= 15 is 0 Å². The van der Waals surface area contributed by atoms with Crippen LogP contribution in [0.15, 0.2) is 188 Å². The van der Waals surface area contributed by atoms with Crippen molar-refractivity contribution in [2.24, 2.45) is 0 Å². The summed E-state index contributed by atoms with van der Waals surface area (Å²) in [5, 5.41) is 10.4. The molecule has 0 unspecified atom stereocenters. The van der Waals surface area contributed by atoms with Crippen molar-refractivity contribution < 1.29 is 0 Å². The summed E-state index contributed by atoms with van der Waals surface area (Å²) in [7, 11) is 0. The maximum absolute atomic E-state index is 2.42. The van der Waals surface area contributed by atoms with Gasteiger partial charge in [-0.05, 0) is 130 Å². The molecule has 0 radical (unpaired) electrons. The molecule has 0 aromatic heterocycles. The van der Waals surface area contributed by atoms with Gasteiger partial charge in [0, 0.05) is 22.5 Å². The van der Waals surface area contributed by atoms with Crippen LogP contribution in [0.4, 0.5) is 17.1 Å². The number of hydrogen-bond acceptors (Lipinski definition) is 1. The lowest BCUT2D eigenvalue weighted by atomic mass is 9.82. The minimum Gasteiger partial charge on any atom is -0.310 e. The standard InChI is InChI=1S/C53H37N/c1-53(2)49-20-7-6-16-43(49)47-32-38(25-30-50(47)53)36-23-28-41(29-24-36)54(40-26-21-35(22-27-40)34-11-4-3-5-12-34)42-31-39-15-10-18-45-44-17-8-13-37-14-9-19-46(51(37)44)48(33-42)52(39)45/h3-33H,1-2H3.